The lowest BCUT2D eigenvalue weighted by atomic mass is 10.1. The maximum absolute atomic E-state index is 13.6. The lowest BCUT2D eigenvalue weighted by Gasteiger charge is -2.08. The molecule has 0 spiro atoms. The number of nitriles is 1. The van der Waals surface area contributed by atoms with Crippen molar-refractivity contribution < 1.29 is 14.0 Å². The SMILES string of the molecule is N#Cc1ccccc1NC(=O)c1cc(C(=O)NCCc2ccccc2F)ccn1. The molecule has 1 heterocycles. The van der Waals surface area contributed by atoms with Crippen molar-refractivity contribution in [3.63, 3.8) is 0 Å². The minimum atomic E-state index is -0.534. The normalized spacial score (nSPS) is 10.1. The van der Waals surface area contributed by atoms with Gasteiger partial charge in [0.25, 0.3) is 11.8 Å². The third-order valence-electron chi connectivity index (χ3n) is 4.19. The van der Waals surface area contributed by atoms with Crippen LogP contribution in [-0.4, -0.2) is 23.3 Å². The highest BCUT2D eigenvalue weighted by Gasteiger charge is 2.13. The summed E-state index contributed by atoms with van der Waals surface area (Å²) < 4.78 is 13.6. The van der Waals surface area contributed by atoms with Gasteiger partial charge in [0.1, 0.15) is 17.6 Å². The Bertz CT molecular complexity index is 1090. The van der Waals surface area contributed by atoms with Crippen LogP contribution >= 0.6 is 0 Å². The Morgan fingerprint density at radius 2 is 1.79 bits per heavy atom. The number of halogens is 1. The summed E-state index contributed by atoms with van der Waals surface area (Å²) in [6.07, 6.45) is 1.71. The molecular formula is C22H17FN4O2. The average Bonchev–Trinajstić information content (AvgIpc) is 2.75. The van der Waals surface area contributed by atoms with Crippen LogP contribution in [0.1, 0.15) is 32.0 Å². The van der Waals surface area contributed by atoms with Gasteiger partial charge < -0.3 is 10.6 Å². The van der Waals surface area contributed by atoms with E-state index in [1.165, 1.54) is 24.4 Å². The highest BCUT2D eigenvalue weighted by molar-refractivity contribution is 6.05. The van der Waals surface area contributed by atoms with E-state index in [0.717, 1.165) is 0 Å². The number of nitrogens with one attached hydrogen (secondary N) is 2. The van der Waals surface area contributed by atoms with Crippen LogP contribution in [0.3, 0.4) is 0 Å². The first-order chi connectivity index (χ1) is 14.1. The fraction of sp³-hybridized carbons (Fsp3) is 0.0909. The number of amides is 2. The first-order valence-corrected chi connectivity index (χ1v) is 8.86. The quantitative estimate of drug-likeness (QED) is 0.677. The predicted octanol–water partition coefficient (Wildman–Crippen LogP) is 3.32. The molecule has 29 heavy (non-hydrogen) atoms. The van der Waals surface area contributed by atoms with Crippen molar-refractivity contribution in [3.8, 4) is 6.07 Å². The fourth-order valence-corrected chi connectivity index (χ4v) is 2.69. The van der Waals surface area contributed by atoms with Gasteiger partial charge in [-0.05, 0) is 42.3 Å². The number of para-hydroxylation sites is 1. The van der Waals surface area contributed by atoms with Gasteiger partial charge in [-0.1, -0.05) is 30.3 Å². The number of hydrogen-bond acceptors (Lipinski definition) is 4. The molecule has 0 atom stereocenters. The molecule has 0 bridgehead atoms. The van der Waals surface area contributed by atoms with Crippen molar-refractivity contribution in [1.29, 1.82) is 5.26 Å². The number of carbonyl (C=O) groups is 2. The van der Waals surface area contributed by atoms with Crippen molar-refractivity contribution in [2.24, 2.45) is 0 Å². The highest BCUT2D eigenvalue weighted by atomic mass is 19.1. The van der Waals surface area contributed by atoms with Crippen LogP contribution in [0.25, 0.3) is 0 Å². The number of pyridine rings is 1. The first-order valence-electron chi connectivity index (χ1n) is 8.86. The lowest BCUT2D eigenvalue weighted by Crippen LogP contribution is -2.26. The second kappa shape index (κ2) is 9.24. The van der Waals surface area contributed by atoms with Gasteiger partial charge in [0.05, 0.1) is 11.3 Å². The molecule has 0 aliphatic carbocycles. The molecule has 6 nitrogen and oxygen atoms in total. The summed E-state index contributed by atoms with van der Waals surface area (Å²) in [7, 11) is 0. The predicted molar refractivity (Wildman–Crippen MR) is 106 cm³/mol. The molecule has 7 heteroatoms. The van der Waals surface area contributed by atoms with Crippen molar-refractivity contribution in [2.45, 2.75) is 6.42 Å². The minimum absolute atomic E-state index is 0.0412. The van der Waals surface area contributed by atoms with E-state index in [0.29, 0.717) is 23.2 Å². The molecule has 0 saturated carbocycles. The van der Waals surface area contributed by atoms with E-state index in [4.69, 9.17) is 5.26 Å². The van der Waals surface area contributed by atoms with Gasteiger partial charge in [0.15, 0.2) is 0 Å². The van der Waals surface area contributed by atoms with Gasteiger partial charge in [-0.15, -0.1) is 0 Å². The topological polar surface area (TPSA) is 94.9 Å². The molecule has 0 radical (unpaired) electrons. The zero-order valence-corrected chi connectivity index (χ0v) is 15.4. The molecule has 0 unspecified atom stereocenters. The van der Waals surface area contributed by atoms with Gasteiger partial charge in [-0.3, -0.25) is 14.6 Å². The van der Waals surface area contributed by atoms with Crippen LogP contribution in [0.15, 0.2) is 66.9 Å². The molecule has 3 rings (SSSR count). The van der Waals surface area contributed by atoms with Crippen LogP contribution < -0.4 is 10.6 Å². The smallest absolute Gasteiger partial charge is 0.274 e. The van der Waals surface area contributed by atoms with E-state index in [-0.39, 0.29) is 23.6 Å². The largest absolute Gasteiger partial charge is 0.352 e. The van der Waals surface area contributed by atoms with E-state index < -0.39 is 11.8 Å². The van der Waals surface area contributed by atoms with E-state index in [1.807, 2.05) is 6.07 Å². The number of anilines is 1. The third-order valence-corrected chi connectivity index (χ3v) is 4.19. The third kappa shape index (κ3) is 5.02. The van der Waals surface area contributed by atoms with Gasteiger partial charge in [0.2, 0.25) is 0 Å². The summed E-state index contributed by atoms with van der Waals surface area (Å²) in [6, 6.07) is 17.8. The second-order valence-corrected chi connectivity index (χ2v) is 6.14. The zero-order chi connectivity index (χ0) is 20.6. The summed E-state index contributed by atoms with van der Waals surface area (Å²) in [5.41, 5.74) is 1.50. The second-order valence-electron chi connectivity index (χ2n) is 6.14. The van der Waals surface area contributed by atoms with E-state index >= 15 is 0 Å². The van der Waals surface area contributed by atoms with Gasteiger partial charge in [-0.2, -0.15) is 5.26 Å². The molecule has 0 aliphatic rings. The number of carbonyl (C=O) groups excluding carboxylic acids is 2. The van der Waals surface area contributed by atoms with Gasteiger partial charge in [-0.25, -0.2) is 4.39 Å². The van der Waals surface area contributed by atoms with Crippen LogP contribution in [0.2, 0.25) is 0 Å². The number of benzene rings is 2. The summed E-state index contributed by atoms with van der Waals surface area (Å²) in [6.45, 7) is 0.249. The number of aromatic nitrogens is 1. The summed E-state index contributed by atoms with van der Waals surface area (Å²) in [5.74, 6) is -1.24. The van der Waals surface area contributed by atoms with E-state index in [2.05, 4.69) is 15.6 Å². The lowest BCUT2D eigenvalue weighted by molar-refractivity contribution is 0.0954. The Balaban J connectivity index is 1.64. The monoisotopic (exact) mass is 388 g/mol. The average molecular weight is 388 g/mol. The number of nitrogens with zero attached hydrogens (tertiary/aromatic N) is 2. The molecule has 3 aromatic rings. The fourth-order valence-electron chi connectivity index (χ4n) is 2.69. The van der Waals surface area contributed by atoms with Crippen LogP contribution in [0.4, 0.5) is 10.1 Å². The number of hydrogen-bond donors (Lipinski definition) is 2. The molecular weight excluding hydrogens is 371 g/mol. The summed E-state index contributed by atoms with van der Waals surface area (Å²) >= 11 is 0. The molecule has 0 aliphatic heterocycles. The highest BCUT2D eigenvalue weighted by Crippen LogP contribution is 2.15. The summed E-state index contributed by atoms with van der Waals surface area (Å²) in [5, 5.41) is 14.4. The molecule has 2 aromatic carbocycles. The Kier molecular flexibility index (Phi) is 6.28. The van der Waals surface area contributed by atoms with Crippen LogP contribution in [0, 0.1) is 17.1 Å². The van der Waals surface area contributed by atoms with E-state index in [9.17, 15) is 14.0 Å². The molecule has 2 N–H and O–H groups in total. The van der Waals surface area contributed by atoms with Crippen molar-refractivity contribution in [1.82, 2.24) is 10.3 Å². The van der Waals surface area contributed by atoms with Crippen LogP contribution in [0.5, 0.6) is 0 Å². The summed E-state index contributed by atoms with van der Waals surface area (Å²) in [4.78, 5) is 28.8. The van der Waals surface area contributed by atoms with Gasteiger partial charge >= 0.3 is 0 Å². The maximum atomic E-state index is 13.6. The Morgan fingerprint density at radius 1 is 1.03 bits per heavy atom. The Hall–Kier alpha value is -4.05. The first kappa shape index (κ1) is 19.7. The van der Waals surface area contributed by atoms with Crippen molar-refractivity contribution in [3.05, 3.63) is 95.1 Å². The standard InChI is InChI=1S/C22H17FN4O2/c23-18-7-3-1-5-15(18)9-12-26-21(28)16-10-11-25-20(13-16)22(29)27-19-8-4-2-6-17(19)14-24/h1-8,10-11,13H,9,12H2,(H,26,28)(H,27,29). The van der Waals surface area contributed by atoms with Crippen molar-refractivity contribution >= 4 is 17.5 Å². The zero-order valence-electron chi connectivity index (χ0n) is 15.4. The maximum Gasteiger partial charge on any atom is 0.274 e. The van der Waals surface area contributed by atoms with Crippen LogP contribution in [-0.2, 0) is 6.42 Å². The Labute approximate surface area is 167 Å². The molecule has 1 aromatic heterocycles. The van der Waals surface area contributed by atoms with E-state index in [1.54, 1.807) is 42.5 Å². The van der Waals surface area contributed by atoms with Gasteiger partial charge in [0, 0.05) is 18.3 Å². The molecule has 0 fully saturated rings. The minimum Gasteiger partial charge on any atom is -0.352 e. The van der Waals surface area contributed by atoms with Crippen molar-refractivity contribution in [2.75, 3.05) is 11.9 Å². The molecule has 2 amide bonds. The molecule has 144 valence electrons. The number of rotatable bonds is 6. The Morgan fingerprint density at radius 3 is 2.59 bits per heavy atom. The molecule has 0 saturated heterocycles.